The summed E-state index contributed by atoms with van der Waals surface area (Å²) in [7, 11) is 0. The first-order valence-electron chi connectivity index (χ1n) is 6.37. The maximum atomic E-state index is 6.38. The predicted octanol–water partition coefficient (Wildman–Crippen LogP) is 3.06. The van der Waals surface area contributed by atoms with Gasteiger partial charge < -0.3 is 10.1 Å². The molecule has 1 aromatic carbocycles. The summed E-state index contributed by atoms with van der Waals surface area (Å²) in [6.45, 7) is 2.39. The van der Waals surface area contributed by atoms with Gasteiger partial charge in [-0.1, -0.05) is 29.8 Å². The molecule has 0 spiro atoms. The maximum Gasteiger partial charge on any atom is 0.0970 e. The van der Waals surface area contributed by atoms with Crippen molar-refractivity contribution < 1.29 is 4.74 Å². The van der Waals surface area contributed by atoms with Crippen molar-refractivity contribution in [1.29, 1.82) is 0 Å². The smallest absolute Gasteiger partial charge is 0.0970 e. The number of hydrogen-bond donors (Lipinski definition) is 1. The van der Waals surface area contributed by atoms with Crippen molar-refractivity contribution >= 4 is 11.6 Å². The molecule has 1 aliphatic rings. The zero-order valence-corrected chi connectivity index (χ0v) is 11.2. The van der Waals surface area contributed by atoms with Crippen LogP contribution in [0, 0.1) is 0 Å². The summed E-state index contributed by atoms with van der Waals surface area (Å²) in [4.78, 5) is 4.18. The molecule has 98 valence electrons. The number of nitrogens with zero attached hydrogens (tertiary/aromatic N) is 1. The largest absolute Gasteiger partial charge is 0.371 e. The van der Waals surface area contributed by atoms with Crippen LogP contribution >= 0.6 is 11.6 Å². The summed E-state index contributed by atoms with van der Waals surface area (Å²) in [6.07, 6.45) is 3.62. The molecule has 0 radical (unpaired) electrons. The molecule has 1 atom stereocenters. The molecule has 1 saturated heterocycles. The molecule has 19 heavy (non-hydrogen) atoms. The molecular formula is C15H15ClN2O. The van der Waals surface area contributed by atoms with Gasteiger partial charge in [0.25, 0.3) is 0 Å². The van der Waals surface area contributed by atoms with E-state index in [4.69, 9.17) is 16.3 Å². The highest BCUT2D eigenvalue weighted by Gasteiger charge is 2.22. The second-order valence-electron chi connectivity index (χ2n) is 4.51. The Labute approximate surface area is 117 Å². The number of ether oxygens (including phenoxy) is 1. The lowest BCUT2D eigenvalue weighted by atomic mass is 9.96. The van der Waals surface area contributed by atoms with Gasteiger partial charge in [-0.25, -0.2) is 0 Å². The molecule has 1 N–H and O–H groups in total. The van der Waals surface area contributed by atoms with E-state index in [9.17, 15) is 0 Å². The van der Waals surface area contributed by atoms with Crippen LogP contribution in [0.5, 0.6) is 0 Å². The maximum absolute atomic E-state index is 6.38. The van der Waals surface area contributed by atoms with Gasteiger partial charge in [0.15, 0.2) is 0 Å². The van der Waals surface area contributed by atoms with Gasteiger partial charge in [-0.05, 0) is 17.7 Å². The van der Waals surface area contributed by atoms with Gasteiger partial charge in [0.1, 0.15) is 0 Å². The van der Waals surface area contributed by atoms with E-state index in [0.29, 0.717) is 6.61 Å². The van der Waals surface area contributed by atoms with E-state index in [1.807, 2.05) is 30.5 Å². The van der Waals surface area contributed by atoms with Crippen molar-refractivity contribution in [3.05, 3.63) is 53.3 Å². The van der Waals surface area contributed by atoms with Crippen molar-refractivity contribution in [3.8, 4) is 11.1 Å². The second-order valence-corrected chi connectivity index (χ2v) is 4.91. The fourth-order valence-corrected chi connectivity index (χ4v) is 2.69. The van der Waals surface area contributed by atoms with E-state index in [2.05, 4.69) is 16.4 Å². The van der Waals surface area contributed by atoms with Crippen LogP contribution in [-0.4, -0.2) is 24.7 Å². The number of aromatic nitrogens is 1. The van der Waals surface area contributed by atoms with Crippen LogP contribution < -0.4 is 5.32 Å². The molecular weight excluding hydrogens is 260 g/mol. The molecule has 2 aromatic rings. The Bertz CT molecular complexity index is 553. The highest BCUT2D eigenvalue weighted by molar-refractivity contribution is 6.31. The van der Waals surface area contributed by atoms with E-state index < -0.39 is 0 Å². The molecule has 4 heteroatoms. The molecule has 0 aliphatic carbocycles. The van der Waals surface area contributed by atoms with E-state index in [1.54, 1.807) is 6.20 Å². The quantitative estimate of drug-likeness (QED) is 0.914. The van der Waals surface area contributed by atoms with Gasteiger partial charge in [-0.2, -0.15) is 0 Å². The molecule has 1 aliphatic heterocycles. The van der Waals surface area contributed by atoms with Gasteiger partial charge in [-0.15, -0.1) is 0 Å². The number of nitrogens with one attached hydrogen (secondary N) is 1. The van der Waals surface area contributed by atoms with Gasteiger partial charge in [0.2, 0.25) is 0 Å². The first-order valence-corrected chi connectivity index (χ1v) is 6.75. The minimum absolute atomic E-state index is 0.00217. The summed E-state index contributed by atoms with van der Waals surface area (Å²) < 4.78 is 5.84. The minimum Gasteiger partial charge on any atom is -0.371 e. The third kappa shape index (κ3) is 2.63. The highest BCUT2D eigenvalue weighted by atomic mass is 35.5. The predicted molar refractivity (Wildman–Crippen MR) is 76.2 cm³/mol. The fourth-order valence-electron chi connectivity index (χ4n) is 2.39. The molecule has 2 heterocycles. The number of benzene rings is 1. The van der Waals surface area contributed by atoms with Gasteiger partial charge in [-0.3, -0.25) is 4.98 Å². The molecule has 3 rings (SSSR count). The number of rotatable bonds is 2. The zero-order chi connectivity index (χ0) is 13.1. The fraction of sp³-hybridized carbons (Fsp3) is 0.267. The van der Waals surface area contributed by atoms with Crippen LogP contribution in [0.4, 0.5) is 0 Å². The molecule has 1 aromatic heterocycles. The zero-order valence-electron chi connectivity index (χ0n) is 10.5. The van der Waals surface area contributed by atoms with Crippen molar-refractivity contribution in [3.63, 3.8) is 0 Å². The first kappa shape index (κ1) is 12.6. The molecule has 1 fully saturated rings. The Hall–Kier alpha value is -1.42. The average molecular weight is 275 g/mol. The Balaban J connectivity index is 2.07. The number of hydrogen-bond acceptors (Lipinski definition) is 3. The Morgan fingerprint density at radius 1 is 1.26 bits per heavy atom. The topological polar surface area (TPSA) is 34.2 Å². The van der Waals surface area contributed by atoms with Crippen LogP contribution in [0.25, 0.3) is 11.1 Å². The SMILES string of the molecule is Clc1cccc(-c2cccnc2)c1C1CNCCO1. The third-order valence-electron chi connectivity index (χ3n) is 3.28. The minimum atomic E-state index is -0.00217. The lowest BCUT2D eigenvalue weighted by molar-refractivity contribution is 0.0281. The average Bonchev–Trinajstić information content (AvgIpc) is 2.49. The Morgan fingerprint density at radius 3 is 2.95 bits per heavy atom. The van der Waals surface area contributed by atoms with Crippen LogP contribution in [0.15, 0.2) is 42.7 Å². The lowest BCUT2D eigenvalue weighted by Gasteiger charge is -2.26. The van der Waals surface area contributed by atoms with E-state index >= 15 is 0 Å². The Kier molecular flexibility index (Phi) is 3.78. The normalized spacial score (nSPS) is 19.3. The van der Waals surface area contributed by atoms with Crippen LogP contribution in [0.2, 0.25) is 5.02 Å². The summed E-state index contributed by atoms with van der Waals surface area (Å²) in [6, 6.07) is 9.91. The second kappa shape index (κ2) is 5.70. The van der Waals surface area contributed by atoms with Gasteiger partial charge in [0, 0.05) is 41.6 Å². The van der Waals surface area contributed by atoms with Crippen molar-refractivity contribution in [1.82, 2.24) is 10.3 Å². The summed E-state index contributed by atoms with van der Waals surface area (Å²) in [5.41, 5.74) is 3.20. The van der Waals surface area contributed by atoms with Gasteiger partial charge in [0.05, 0.1) is 12.7 Å². The third-order valence-corrected chi connectivity index (χ3v) is 3.60. The highest BCUT2D eigenvalue weighted by Crippen LogP contribution is 2.35. The van der Waals surface area contributed by atoms with Crippen LogP contribution in [0.1, 0.15) is 11.7 Å². The standard InChI is InChI=1S/C15H15ClN2O/c16-13-5-1-4-12(11-3-2-6-17-9-11)15(13)14-10-18-7-8-19-14/h1-6,9,14,18H,7-8,10H2. The van der Waals surface area contributed by atoms with Crippen LogP contribution in [-0.2, 0) is 4.74 Å². The molecule has 0 amide bonds. The van der Waals surface area contributed by atoms with Crippen molar-refractivity contribution in [2.24, 2.45) is 0 Å². The molecule has 1 unspecified atom stereocenters. The first-order chi connectivity index (χ1) is 9.36. The van der Waals surface area contributed by atoms with Crippen molar-refractivity contribution in [2.45, 2.75) is 6.10 Å². The molecule has 0 saturated carbocycles. The summed E-state index contributed by atoms with van der Waals surface area (Å²) in [5.74, 6) is 0. The van der Waals surface area contributed by atoms with E-state index in [0.717, 1.165) is 34.8 Å². The molecule has 0 bridgehead atoms. The molecule has 3 nitrogen and oxygen atoms in total. The Morgan fingerprint density at radius 2 is 2.21 bits per heavy atom. The monoisotopic (exact) mass is 274 g/mol. The summed E-state index contributed by atoms with van der Waals surface area (Å²) in [5, 5.41) is 4.09. The number of morpholine rings is 1. The van der Waals surface area contributed by atoms with E-state index in [-0.39, 0.29) is 6.10 Å². The number of pyridine rings is 1. The van der Waals surface area contributed by atoms with Gasteiger partial charge >= 0.3 is 0 Å². The summed E-state index contributed by atoms with van der Waals surface area (Å²) >= 11 is 6.38. The van der Waals surface area contributed by atoms with E-state index in [1.165, 1.54) is 0 Å². The lowest BCUT2D eigenvalue weighted by Crippen LogP contribution is -2.33. The van der Waals surface area contributed by atoms with Crippen LogP contribution in [0.3, 0.4) is 0 Å². The van der Waals surface area contributed by atoms with Crippen molar-refractivity contribution in [2.75, 3.05) is 19.7 Å². The number of halogens is 1.